The lowest BCUT2D eigenvalue weighted by atomic mass is 10.2. The maximum absolute atomic E-state index is 12.0. The molecule has 1 aromatic heterocycles. The van der Waals surface area contributed by atoms with Crippen LogP contribution < -0.4 is 10.2 Å². The van der Waals surface area contributed by atoms with E-state index in [1.165, 1.54) is 11.0 Å². The molecule has 2 N–H and O–H groups in total. The van der Waals surface area contributed by atoms with Crippen LogP contribution in [0.3, 0.4) is 0 Å². The van der Waals surface area contributed by atoms with Gasteiger partial charge < -0.3 is 9.84 Å². The summed E-state index contributed by atoms with van der Waals surface area (Å²) in [5.41, 5.74) is 3.85. The molecule has 10 heteroatoms. The molecular weight excluding hydrogens is 428 g/mol. The number of nitrogens with one attached hydrogen (secondary N) is 1. The number of carbonyl (C=O) groups is 1. The van der Waals surface area contributed by atoms with Crippen LogP contribution in [0, 0.1) is 0 Å². The molecule has 0 radical (unpaired) electrons. The maximum atomic E-state index is 12.0. The predicted molar refractivity (Wildman–Crippen MR) is 106 cm³/mol. The van der Waals surface area contributed by atoms with Crippen LogP contribution in [0.25, 0.3) is 11.4 Å². The van der Waals surface area contributed by atoms with E-state index in [9.17, 15) is 9.90 Å². The predicted octanol–water partition coefficient (Wildman–Crippen LogP) is 2.36. The molecule has 0 aliphatic heterocycles. The van der Waals surface area contributed by atoms with Crippen LogP contribution in [-0.2, 0) is 11.3 Å². The van der Waals surface area contributed by atoms with Crippen molar-refractivity contribution in [2.45, 2.75) is 13.5 Å². The number of tetrazole rings is 1. The molecule has 1 amide bonds. The number of hydrazone groups is 1. The molecule has 2 aromatic carbocycles. The van der Waals surface area contributed by atoms with Crippen molar-refractivity contribution in [3.05, 3.63) is 52.5 Å². The second-order valence-corrected chi connectivity index (χ2v) is 6.44. The number of carbonyl (C=O) groups excluding carboxylic acids is 1. The highest BCUT2D eigenvalue weighted by atomic mass is 79.9. The summed E-state index contributed by atoms with van der Waals surface area (Å²) in [5.74, 6) is 0.366. The number of halogens is 1. The smallest absolute Gasteiger partial charge is 0.263 e. The van der Waals surface area contributed by atoms with E-state index >= 15 is 0 Å². The van der Waals surface area contributed by atoms with Crippen molar-refractivity contribution in [3.63, 3.8) is 0 Å². The number of amides is 1. The third kappa shape index (κ3) is 4.92. The van der Waals surface area contributed by atoms with Gasteiger partial charge in [0.05, 0.1) is 17.3 Å². The highest BCUT2D eigenvalue weighted by molar-refractivity contribution is 9.10. The Bertz CT molecular complexity index is 990. The van der Waals surface area contributed by atoms with Gasteiger partial charge in [-0.1, -0.05) is 30.3 Å². The first-order valence-electron chi connectivity index (χ1n) is 8.37. The van der Waals surface area contributed by atoms with Gasteiger partial charge in [-0.15, -0.1) is 10.2 Å². The van der Waals surface area contributed by atoms with Crippen molar-refractivity contribution < 1.29 is 14.6 Å². The summed E-state index contributed by atoms with van der Waals surface area (Å²) in [4.78, 5) is 13.2. The fourth-order valence-corrected chi connectivity index (χ4v) is 2.75. The van der Waals surface area contributed by atoms with Crippen molar-refractivity contribution in [1.29, 1.82) is 0 Å². The highest BCUT2D eigenvalue weighted by Gasteiger charge is 2.10. The monoisotopic (exact) mass is 444 g/mol. The zero-order valence-electron chi connectivity index (χ0n) is 14.9. The molecule has 3 aromatic rings. The molecule has 3 rings (SSSR count). The average Bonchev–Trinajstić information content (AvgIpc) is 3.15. The van der Waals surface area contributed by atoms with Crippen molar-refractivity contribution in [3.8, 4) is 22.9 Å². The number of phenolic OH excluding ortho intramolecular Hbond substituents is 1. The number of hydrogen-bond donors (Lipinski definition) is 2. The lowest BCUT2D eigenvalue weighted by Crippen LogP contribution is -2.24. The number of nitrogens with zero attached hydrogens (tertiary/aromatic N) is 5. The Balaban J connectivity index is 1.60. The number of ether oxygens (including phenoxy) is 1. The van der Waals surface area contributed by atoms with E-state index in [4.69, 9.17) is 4.74 Å². The van der Waals surface area contributed by atoms with Crippen LogP contribution in [-0.4, -0.2) is 44.0 Å². The second kappa shape index (κ2) is 9.09. The molecule has 0 aliphatic rings. The van der Waals surface area contributed by atoms with E-state index in [1.54, 1.807) is 12.1 Å². The third-order valence-corrected chi connectivity index (χ3v) is 4.13. The quantitative estimate of drug-likeness (QED) is 0.426. The standard InChI is InChI=1S/C18H17BrN6O3/c1-2-28-15-9-12(8-14(19)17(15)27)10-20-21-16(26)11-25-23-18(22-24-25)13-6-4-3-5-7-13/h3-10,27H,2,11H2,1H3,(H,21,26)/b20-10-. The first-order valence-corrected chi connectivity index (χ1v) is 9.16. The topological polar surface area (TPSA) is 115 Å². The molecular formula is C18H17BrN6O3. The lowest BCUT2D eigenvalue weighted by Gasteiger charge is -2.08. The fraction of sp³-hybridized carbons (Fsp3) is 0.167. The molecule has 28 heavy (non-hydrogen) atoms. The van der Waals surface area contributed by atoms with E-state index in [2.05, 4.69) is 41.9 Å². The normalized spacial score (nSPS) is 10.9. The molecule has 0 atom stereocenters. The third-order valence-electron chi connectivity index (χ3n) is 3.52. The zero-order valence-corrected chi connectivity index (χ0v) is 16.5. The number of aromatic hydroxyl groups is 1. The van der Waals surface area contributed by atoms with Gasteiger partial charge in [0.15, 0.2) is 11.5 Å². The van der Waals surface area contributed by atoms with Crippen LogP contribution in [0.2, 0.25) is 0 Å². The minimum atomic E-state index is -0.406. The summed E-state index contributed by atoms with van der Waals surface area (Å²) in [6.07, 6.45) is 1.44. The molecule has 0 fully saturated rings. The Labute approximate surface area is 169 Å². The minimum absolute atomic E-state index is 0.00881. The average molecular weight is 445 g/mol. The number of phenols is 1. The summed E-state index contributed by atoms with van der Waals surface area (Å²) in [6.45, 7) is 2.10. The molecule has 0 bridgehead atoms. The van der Waals surface area contributed by atoms with Gasteiger partial charge in [0.25, 0.3) is 5.91 Å². The second-order valence-electron chi connectivity index (χ2n) is 5.59. The first kappa shape index (κ1) is 19.5. The van der Waals surface area contributed by atoms with Gasteiger partial charge in [-0.3, -0.25) is 4.79 Å². The van der Waals surface area contributed by atoms with E-state index in [1.807, 2.05) is 37.3 Å². The van der Waals surface area contributed by atoms with Gasteiger partial charge >= 0.3 is 0 Å². The van der Waals surface area contributed by atoms with Crippen molar-refractivity contribution in [2.75, 3.05) is 6.61 Å². The molecule has 0 aliphatic carbocycles. The van der Waals surface area contributed by atoms with Gasteiger partial charge in [0.2, 0.25) is 5.82 Å². The van der Waals surface area contributed by atoms with Gasteiger partial charge in [-0.2, -0.15) is 9.90 Å². The van der Waals surface area contributed by atoms with Crippen molar-refractivity contribution in [1.82, 2.24) is 25.6 Å². The van der Waals surface area contributed by atoms with Crippen LogP contribution in [0.5, 0.6) is 11.5 Å². The fourth-order valence-electron chi connectivity index (χ4n) is 2.29. The zero-order chi connectivity index (χ0) is 19.9. The number of benzene rings is 2. The highest BCUT2D eigenvalue weighted by Crippen LogP contribution is 2.35. The number of aromatic nitrogens is 4. The largest absolute Gasteiger partial charge is 0.503 e. The molecule has 0 saturated heterocycles. The van der Waals surface area contributed by atoms with E-state index in [-0.39, 0.29) is 12.3 Å². The molecule has 0 unspecified atom stereocenters. The Morgan fingerprint density at radius 1 is 1.36 bits per heavy atom. The Morgan fingerprint density at radius 3 is 2.89 bits per heavy atom. The van der Waals surface area contributed by atoms with Crippen LogP contribution in [0.1, 0.15) is 12.5 Å². The Hall–Kier alpha value is -3.27. The van der Waals surface area contributed by atoms with Gasteiger partial charge in [0, 0.05) is 5.56 Å². The minimum Gasteiger partial charge on any atom is -0.503 e. The molecule has 9 nitrogen and oxygen atoms in total. The number of rotatable bonds is 7. The van der Waals surface area contributed by atoms with E-state index in [0.29, 0.717) is 28.2 Å². The lowest BCUT2D eigenvalue weighted by molar-refractivity contribution is -0.122. The Morgan fingerprint density at radius 2 is 2.14 bits per heavy atom. The van der Waals surface area contributed by atoms with Crippen LogP contribution >= 0.6 is 15.9 Å². The van der Waals surface area contributed by atoms with Gasteiger partial charge in [-0.25, -0.2) is 5.43 Å². The van der Waals surface area contributed by atoms with Crippen LogP contribution in [0.15, 0.2) is 52.0 Å². The van der Waals surface area contributed by atoms with E-state index in [0.717, 1.165) is 5.56 Å². The Kier molecular flexibility index (Phi) is 6.33. The molecule has 0 spiro atoms. The first-order chi connectivity index (χ1) is 13.6. The van der Waals surface area contributed by atoms with E-state index < -0.39 is 5.91 Å². The summed E-state index contributed by atoms with van der Waals surface area (Å²) >= 11 is 3.25. The molecule has 1 heterocycles. The van der Waals surface area contributed by atoms with Crippen molar-refractivity contribution >= 4 is 28.1 Å². The van der Waals surface area contributed by atoms with Crippen LogP contribution in [0.4, 0.5) is 0 Å². The summed E-state index contributed by atoms with van der Waals surface area (Å²) in [7, 11) is 0. The molecule has 0 saturated carbocycles. The van der Waals surface area contributed by atoms with Crippen molar-refractivity contribution in [2.24, 2.45) is 5.10 Å². The summed E-state index contributed by atoms with van der Waals surface area (Å²) in [6, 6.07) is 12.6. The van der Waals surface area contributed by atoms with Gasteiger partial charge in [-0.05, 0) is 45.8 Å². The number of hydrogen-bond acceptors (Lipinski definition) is 7. The maximum Gasteiger partial charge on any atom is 0.263 e. The summed E-state index contributed by atoms with van der Waals surface area (Å²) < 4.78 is 5.81. The molecule has 144 valence electrons. The summed E-state index contributed by atoms with van der Waals surface area (Å²) in [5, 5.41) is 25.8. The SMILES string of the molecule is CCOc1cc(/C=N\NC(=O)Cn2nnc(-c3ccccc3)n2)cc(Br)c1O. The van der Waals surface area contributed by atoms with Gasteiger partial charge in [0.1, 0.15) is 6.54 Å².